The SMILES string of the molecule is Cc1noc(C)c1S(=O)(=O)N1CCN(Cc2nc(C)c3ccccc3n2)CC1. The molecule has 0 unspecified atom stereocenters. The average Bonchev–Trinajstić information content (AvgIpc) is 3.01. The van der Waals surface area contributed by atoms with Crippen LogP contribution in [0.5, 0.6) is 0 Å². The Morgan fingerprint density at radius 1 is 1.00 bits per heavy atom. The van der Waals surface area contributed by atoms with Crippen molar-refractivity contribution < 1.29 is 12.9 Å². The predicted octanol–water partition coefficient (Wildman–Crippen LogP) is 2.05. The number of hydrogen-bond donors (Lipinski definition) is 0. The van der Waals surface area contributed by atoms with Gasteiger partial charge in [-0.2, -0.15) is 4.31 Å². The molecular formula is C19H23N5O3S. The molecule has 148 valence electrons. The highest BCUT2D eigenvalue weighted by atomic mass is 32.2. The minimum absolute atomic E-state index is 0.189. The van der Waals surface area contributed by atoms with Crippen molar-refractivity contribution in [2.24, 2.45) is 0 Å². The Balaban J connectivity index is 1.46. The fourth-order valence-corrected chi connectivity index (χ4v) is 5.38. The average molecular weight is 401 g/mol. The summed E-state index contributed by atoms with van der Waals surface area (Å²) in [5.41, 5.74) is 2.30. The van der Waals surface area contributed by atoms with Crippen LogP contribution in [-0.4, -0.2) is 58.9 Å². The van der Waals surface area contributed by atoms with Crippen LogP contribution in [0, 0.1) is 20.8 Å². The lowest BCUT2D eigenvalue weighted by Gasteiger charge is -2.33. The second-order valence-corrected chi connectivity index (χ2v) is 8.95. The number of piperazine rings is 1. The number of nitrogens with zero attached hydrogens (tertiary/aromatic N) is 5. The van der Waals surface area contributed by atoms with Gasteiger partial charge < -0.3 is 4.52 Å². The topological polar surface area (TPSA) is 92.4 Å². The maximum absolute atomic E-state index is 12.9. The van der Waals surface area contributed by atoms with E-state index in [4.69, 9.17) is 4.52 Å². The number of fused-ring (bicyclic) bond motifs is 1. The zero-order chi connectivity index (χ0) is 19.9. The van der Waals surface area contributed by atoms with E-state index < -0.39 is 10.0 Å². The van der Waals surface area contributed by atoms with Crippen molar-refractivity contribution in [3.8, 4) is 0 Å². The van der Waals surface area contributed by atoms with E-state index in [2.05, 4.69) is 20.0 Å². The fourth-order valence-electron chi connectivity index (χ4n) is 3.67. The van der Waals surface area contributed by atoms with E-state index in [-0.39, 0.29) is 4.90 Å². The summed E-state index contributed by atoms with van der Waals surface area (Å²) in [6, 6.07) is 7.96. The number of sulfonamides is 1. The lowest BCUT2D eigenvalue weighted by molar-refractivity contribution is 0.178. The zero-order valence-electron chi connectivity index (χ0n) is 16.2. The summed E-state index contributed by atoms with van der Waals surface area (Å²) in [6.07, 6.45) is 0. The van der Waals surface area contributed by atoms with Gasteiger partial charge in [-0.1, -0.05) is 23.4 Å². The molecule has 0 aliphatic carbocycles. The molecule has 3 heterocycles. The van der Waals surface area contributed by atoms with Gasteiger partial charge in [0.25, 0.3) is 0 Å². The Kier molecular flexibility index (Phi) is 4.90. The standard InChI is InChI=1S/C19H23N5O3S/c1-13-16-6-4-5-7-17(16)21-18(20-13)12-23-8-10-24(11-9-23)28(25,26)19-14(2)22-27-15(19)3/h4-7H,8-12H2,1-3H3. The molecule has 9 heteroatoms. The number of aryl methyl sites for hydroxylation is 3. The van der Waals surface area contributed by atoms with Crippen molar-refractivity contribution in [3.05, 3.63) is 47.2 Å². The summed E-state index contributed by atoms with van der Waals surface area (Å²) in [7, 11) is -3.59. The number of aromatic nitrogens is 3. The van der Waals surface area contributed by atoms with Crippen LogP contribution in [0.4, 0.5) is 0 Å². The zero-order valence-corrected chi connectivity index (χ0v) is 17.0. The number of rotatable bonds is 4. The van der Waals surface area contributed by atoms with Gasteiger partial charge in [-0.25, -0.2) is 18.4 Å². The van der Waals surface area contributed by atoms with E-state index in [1.165, 1.54) is 4.31 Å². The van der Waals surface area contributed by atoms with E-state index in [1.54, 1.807) is 13.8 Å². The molecule has 4 rings (SSSR count). The highest BCUT2D eigenvalue weighted by molar-refractivity contribution is 7.89. The molecule has 0 saturated carbocycles. The van der Waals surface area contributed by atoms with Crippen LogP contribution in [0.2, 0.25) is 0 Å². The quantitative estimate of drug-likeness (QED) is 0.660. The van der Waals surface area contributed by atoms with E-state index in [0.717, 1.165) is 22.4 Å². The lowest BCUT2D eigenvalue weighted by Crippen LogP contribution is -2.48. The molecule has 1 saturated heterocycles. The van der Waals surface area contributed by atoms with Crippen LogP contribution in [-0.2, 0) is 16.6 Å². The molecule has 1 aliphatic rings. The summed E-state index contributed by atoms with van der Waals surface area (Å²) in [5.74, 6) is 1.10. The number of para-hydroxylation sites is 1. The van der Waals surface area contributed by atoms with Gasteiger partial charge in [-0.3, -0.25) is 4.90 Å². The van der Waals surface area contributed by atoms with E-state index in [0.29, 0.717) is 44.2 Å². The van der Waals surface area contributed by atoms with Gasteiger partial charge in [0.2, 0.25) is 10.0 Å². The molecular weight excluding hydrogens is 378 g/mol. The summed E-state index contributed by atoms with van der Waals surface area (Å²) in [5, 5.41) is 4.83. The number of benzene rings is 1. The predicted molar refractivity (Wildman–Crippen MR) is 104 cm³/mol. The summed E-state index contributed by atoms with van der Waals surface area (Å²) in [6.45, 7) is 7.95. The molecule has 0 amide bonds. The van der Waals surface area contributed by atoms with Crippen molar-refractivity contribution in [2.75, 3.05) is 26.2 Å². The molecule has 1 aliphatic heterocycles. The molecule has 8 nitrogen and oxygen atoms in total. The van der Waals surface area contributed by atoms with Gasteiger partial charge in [0.05, 0.1) is 12.1 Å². The highest BCUT2D eigenvalue weighted by Gasteiger charge is 2.33. The van der Waals surface area contributed by atoms with Gasteiger partial charge in [-0.05, 0) is 26.8 Å². The summed E-state index contributed by atoms with van der Waals surface area (Å²) < 4.78 is 32.4. The first kappa shape index (κ1) is 19.0. The van der Waals surface area contributed by atoms with Crippen molar-refractivity contribution in [1.29, 1.82) is 0 Å². The first-order valence-electron chi connectivity index (χ1n) is 9.24. The largest absolute Gasteiger partial charge is 0.360 e. The van der Waals surface area contributed by atoms with Crippen molar-refractivity contribution in [2.45, 2.75) is 32.2 Å². The third-order valence-corrected chi connectivity index (χ3v) is 7.25. The molecule has 1 fully saturated rings. The second-order valence-electron chi connectivity index (χ2n) is 7.08. The molecule has 0 atom stereocenters. The van der Waals surface area contributed by atoms with Crippen LogP contribution in [0.15, 0.2) is 33.7 Å². The van der Waals surface area contributed by atoms with Gasteiger partial charge in [-0.15, -0.1) is 0 Å². The first-order chi connectivity index (χ1) is 13.4. The number of hydrogen-bond acceptors (Lipinski definition) is 7. The van der Waals surface area contributed by atoms with Crippen LogP contribution in [0.1, 0.15) is 23.0 Å². The first-order valence-corrected chi connectivity index (χ1v) is 10.7. The van der Waals surface area contributed by atoms with Crippen molar-refractivity contribution in [3.63, 3.8) is 0 Å². The summed E-state index contributed by atoms with van der Waals surface area (Å²) in [4.78, 5) is 11.7. The molecule has 2 aromatic heterocycles. The summed E-state index contributed by atoms with van der Waals surface area (Å²) >= 11 is 0. The van der Waals surface area contributed by atoms with E-state index in [9.17, 15) is 8.42 Å². The van der Waals surface area contributed by atoms with Crippen LogP contribution in [0.3, 0.4) is 0 Å². The molecule has 0 spiro atoms. The Hall–Kier alpha value is -2.36. The third-order valence-electron chi connectivity index (χ3n) is 5.10. The van der Waals surface area contributed by atoms with Gasteiger partial charge in [0.1, 0.15) is 16.4 Å². The normalized spacial score (nSPS) is 16.7. The minimum Gasteiger partial charge on any atom is -0.360 e. The van der Waals surface area contributed by atoms with Gasteiger partial charge >= 0.3 is 0 Å². The highest BCUT2D eigenvalue weighted by Crippen LogP contribution is 2.24. The van der Waals surface area contributed by atoms with Gasteiger partial charge in [0.15, 0.2) is 5.76 Å². The lowest BCUT2D eigenvalue weighted by atomic mass is 10.2. The van der Waals surface area contributed by atoms with Crippen LogP contribution < -0.4 is 0 Å². The molecule has 0 N–H and O–H groups in total. The molecule has 3 aromatic rings. The monoisotopic (exact) mass is 401 g/mol. The smallest absolute Gasteiger partial charge is 0.248 e. The Labute approximate surface area is 164 Å². The third kappa shape index (κ3) is 3.41. The van der Waals surface area contributed by atoms with E-state index >= 15 is 0 Å². The Morgan fingerprint density at radius 2 is 1.71 bits per heavy atom. The van der Waals surface area contributed by atoms with Crippen LogP contribution in [0.25, 0.3) is 10.9 Å². The molecule has 28 heavy (non-hydrogen) atoms. The second kappa shape index (κ2) is 7.23. The molecule has 0 radical (unpaired) electrons. The maximum Gasteiger partial charge on any atom is 0.248 e. The Morgan fingerprint density at radius 3 is 2.39 bits per heavy atom. The van der Waals surface area contributed by atoms with Gasteiger partial charge in [0, 0.05) is 37.3 Å². The molecule has 1 aromatic carbocycles. The maximum atomic E-state index is 12.9. The molecule has 0 bridgehead atoms. The van der Waals surface area contributed by atoms with Crippen molar-refractivity contribution in [1.82, 2.24) is 24.3 Å². The fraction of sp³-hybridized carbons (Fsp3) is 0.421. The Bertz CT molecular complexity index is 1100. The minimum atomic E-state index is -3.59. The van der Waals surface area contributed by atoms with Crippen LogP contribution >= 0.6 is 0 Å². The van der Waals surface area contributed by atoms with Crippen molar-refractivity contribution >= 4 is 20.9 Å². The van der Waals surface area contributed by atoms with E-state index in [1.807, 2.05) is 31.2 Å².